The molecule has 0 spiro atoms. The van der Waals surface area contributed by atoms with Gasteiger partial charge in [0.1, 0.15) is 6.04 Å². The van der Waals surface area contributed by atoms with Crippen LogP contribution in [-0.2, 0) is 14.8 Å². The molecule has 7 heteroatoms. The molecule has 1 saturated carbocycles. The molecule has 1 aliphatic carbocycles. The Morgan fingerprint density at radius 1 is 1.23 bits per heavy atom. The first-order valence-corrected chi connectivity index (χ1v) is 10.8. The van der Waals surface area contributed by atoms with Crippen molar-refractivity contribution in [3.63, 3.8) is 0 Å². The lowest BCUT2D eigenvalue weighted by atomic mass is 10.1. The largest absolute Gasteiger partial charge is 0.353 e. The molecule has 2 fully saturated rings. The van der Waals surface area contributed by atoms with Crippen LogP contribution < -0.4 is 11.1 Å². The lowest BCUT2D eigenvalue weighted by Gasteiger charge is -2.25. The molecule has 1 amide bonds. The van der Waals surface area contributed by atoms with Crippen LogP contribution in [0, 0.1) is 26.7 Å². The summed E-state index contributed by atoms with van der Waals surface area (Å²) in [4.78, 5) is 13.0. The zero-order chi connectivity index (χ0) is 19.1. The lowest BCUT2D eigenvalue weighted by Crippen LogP contribution is -2.49. The van der Waals surface area contributed by atoms with Crippen molar-refractivity contribution in [1.29, 1.82) is 0 Å². The van der Waals surface area contributed by atoms with Crippen molar-refractivity contribution in [2.24, 2.45) is 11.7 Å². The molecule has 1 aromatic rings. The fraction of sp³-hybridized carbons (Fsp3) is 0.632. The topological polar surface area (TPSA) is 92.5 Å². The van der Waals surface area contributed by atoms with E-state index in [0.29, 0.717) is 36.7 Å². The van der Waals surface area contributed by atoms with E-state index in [2.05, 4.69) is 5.32 Å². The van der Waals surface area contributed by atoms with E-state index < -0.39 is 16.1 Å². The van der Waals surface area contributed by atoms with Gasteiger partial charge in [0.25, 0.3) is 0 Å². The molecule has 1 saturated heterocycles. The summed E-state index contributed by atoms with van der Waals surface area (Å²) < 4.78 is 27.9. The monoisotopic (exact) mass is 379 g/mol. The Labute approximate surface area is 156 Å². The summed E-state index contributed by atoms with van der Waals surface area (Å²) in [7, 11) is -3.71. The van der Waals surface area contributed by atoms with Crippen LogP contribution in [0.3, 0.4) is 0 Å². The maximum atomic E-state index is 13.3. The molecule has 0 aromatic heterocycles. The number of sulfonamides is 1. The minimum absolute atomic E-state index is 0.0352. The number of aryl methyl sites for hydroxylation is 3. The first kappa shape index (κ1) is 19.3. The summed E-state index contributed by atoms with van der Waals surface area (Å²) in [5.74, 6) is 0.265. The number of nitrogens with zero attached hydrogens (tertiary/aromatic N) is 1. The van der Waals surface area contributed by atoms with Gasteiger partial charge in [-0.1, -0.05) is 17.7 Å². The number of rotatable bonds is 6. The summed E-state index contributed by atoms with van der Waals surface area (Å²) in [6, 6.07) is 3.07. The molecule has 1 heterocycles. The third-order valence-electron chi connectivity index (χ3n) is 5.42. The number of nitrogens with two attached hydrogens (primary N) is 1. The van der Waals surface area contributed by atoms with Gasteiger partial charge in [-0.25, -0.2) is 8.42 Å². The summed E-state index contributed by atoms with van der Waals surface area (Å²) >= 11 is 0. The molecule has 3 rings (SSSR count). The quantitative estimate of drug-likeness (QED) is 0.785. The van der Waals surface area contributed by atoms with Crippen LogP contribution >= 0.6 is 0 Å². The fourth-order valence-electron chi connectivity index (χ4n) is 4.01. The van der Waals surface area contributed by atoms with Gasteiger partial charge in [0.15, 0.2) is 0 Å². The highest BCUT2D eigenvalue weighted by Crippen LogP contribution is 2.32. The van der Waals surface area contributed by atoms with Crippen LogP contribution in [-0.4, -0.2) is 43.8 Å². The van der Waals surface area contributed by atoms with Gasteiger partial charge >= 0.3 is 0 Å². The molecule has 144 valence electrons. The van der Waals surface area contributed by atoms with Crippen LogP contribution in [0.15, 0.2) is 17.0 Å². The Bertz CT molecular complexity index is 779. The molecule has 0 radical (unpaired) electrons. The second-order valence-corrected chi connectivity index (χ2v) is 9.58. The molecule has 2 aliphatic rings. The number of hydrogen-bond donors (Lipinski definition) is 2. The summed E-state index contributed by atoms with van der Waals surface area (Å²) in [6.07, 6.45) is 3.48. The number of nitrogens with one attached hydrogen (secondary N) is 1. The van der Waals surface area contributed by atoms with Gasteiger partial charge in [0.2, 0.25) is 15.9 Å². The highest BCUT2D eigenvalue weighted by molar-refractivity contribution is 7.89. The minimum Gasteiger partial charge on any atom is -0.353 e. The van der Waals surface area contributed by atoms with E-state index in [1.54, 1.807) is 0 Å². The van der Waals surface area contributed by atoms with E-state index >= 15 is 0 Å². The van der Waals surface area contributed by atoms with E-state index in [4.69, 9.17) is 5.73 Å². The molecular weight excluding hydrogens is 350 g/mol. The van der Waals surface area contributed by atoms with Gasteiger partial charge < -0.3 is 11.1 Å². The Hall–Kier alpha value is -1.44. The lowest BCUT2D eigenvalue weighted by molar-refractivity contribution is -0.124. The summed E-state index contributed by atoms with van der Waals surface area (Å²) in [6.45, 7) is 6.36. The van der Waals surface area contributed by atoms with Gasteiger partial charge in [0, 0.05) is 19.1 Å². The third kappa shape index (κ3) is 3.80. The summed E-state index contributed by atoms with van der Waals surface area (Å²) in [5.41, 5.74) is 8.53. The van der Waals surface area contributed by atoms with Crippen molar-refractivity contribution >= 4 is 15.9 Å². The maximum Gasteiger partial charge on any atom is 0.244 e. The van der Waals surface area contributed by atoms with E-state index in [1.807, 2.05) is 32.9 Å². The van der Waals surface area contributed by atoms with Crippen molar-refractivity contribution in [2.45, 2.75) is 63.4 Å². The zero-order valence-corrected chi connectivity index (χ0v) is 16.6. The van der Waals surface area contributed by atoms with Crippen LogP contribution in [0.2, 0.25) is 0 Å². The van der Waals surface area contributed by atoms with Crippen molar-refractivity contribution in [1.82, 2.24) is 9.62 Å². The number of hydrogen-bond acceptors (Lipinski definition) is 4. The third-order valence-corrected chi connectivity index (χ3v) is 7.63. The number of carbonyl (C=O) groups excluding carboxylic acids is 1. The highest BCUT2D eigenvalue weighted by Gasteiger charge is 2.41. The molecule has 26 heavy (non-hydrogen) atoms. The van der Waals surface area contributed by atoms with E-state index in [1.165, 1.54) is 4.31 Å². The van der Waals surface area contributed by atoms with Gasteiger partial charge in [-0.15, -0.1) is 0 Å². The standard InChI is InChI=1S/C19H29N3O3S/c1-12-9-13(2)18(14(3)10-12)26(24,25)22-8-4-5-17(22)19(23)21-11-16(20)15-6-7-15/h9-10,15-17H,4-8,11,20H2,1-3H3,(H,21,23). The zero-order valence-electron chi connectivity index (χ0n) is 15.8. The van der Waals surface area contributed by atoms with Crippen LogP contribution in [0.25, 0.3) is 0 Å². The summed E-state index contributed by atoms with van der Waals surface area (Å²) in [5, 5.41) is 2.87. The number of benzene rings is 1. The predicted octanol–water partition coefficient (Wildman–Crippen LogP) is 1.62. The highest BCUT2D eigenvalue weighted by atomic mass is 32.2. The predicted molar refractivity (Wildman–Crippen MR) is 101 cm³/mol. The van der Waals surface area contributed by atoms with Crippen molar-refractivity contribution < 1.29 is 13.2 Å². The van der Waals surface area contributed by atoms with Gasteiger partial charge in [-0.05, 0) is 63.5 Å². The average Bonchev–Trinajstić information content (AvgIpc) is 3.26. The minimum atomic E-state index is -3.71. The SMILES string of the molecule is Cc1cc(C)c(S(=O)(=O)N2CCCC2C(=O)NCC(N)C2CC2)c(C)c1. The van der Waals surface area contributed by atoms with Crippen LogP contribution in [0.1, 0.15) is 42.4 Å². The van der Waals surface area contributed by atoms with Gasteiger partial charge in [0.05, 0.1) is 4.90 Å². The van der Waals surface area contributed by atoms with E-state index in [-0.39, 0.29) is 11.9 Å². The van der Waals surface area contributed by atoms with Crippen molar-refractivity contribution in [3.8, 4) is 0 Å². The molecule has 1 aromatic carbocycles. The Balaban J connectivity index is 1.79. The second-order valence-electron chi connectivity index (χ2n) is 7.75. The molecule has 1 aliphatic heterocycles. The molecule has 0 bridgehead atoms. The van der Waals surface area contributed by atoms with E-state index in [0.717, 1.165) is 29.5 Å². The Kier molecular flexibility index (Phi) is 5.42. The average molecular weight is 380 g/mol. The molecule has 2 unspecified atom stereocenters. The van der Waals surface area contributed by atoms with Crippen molar-refractivity contribution in [2.75, 3.05) is 13.1 Å². The fourth-order valence-corrected chi connectivity index (χ4v) is 6.08. The second kappa shape index (κ2) is 7.29. The molecule has 3 N–H and O–H groups in total. The van der Waals surface area contributed by atoms with Crippen molar-refractivity contribution in [3.05, 3.63) is 28.8 Å². The first-order valence-electron chi connectivity index (χ1n) is 9.35. The van der Waals surface area contributed by atoms with Crippen LogP contribution in [0.4, 0.5) is 0 Å². The van der Waals surface area contributed by atoms with E-state index in [9.17, 15) is 13.2 Å². The normalized spacial score (nSPS) is 22.4. The maximum absolute atomic E-state index is 13.3. The number of carbonyl (C=O) groups is 1. The van der Waals surface area contributed by atoms with Crippen LogP contribution in [0.5, 0.6) is 0 Å². The van der Waals surface area contributed by atoms with Gasteiger partial charge in [-0.2, -0.15) is 4.31 Å². The first-order chi connectivity index (χ1) is 12.2. The molecular formula is C19H29N3O3S. The number of amides is 1. The molecule has 2 atom stereocenters. The molecule has 6 nitrogen and oxygen atoms in total. The Morgan fingerprint density at radius 2 is 1.85 bits per heavy atom. The Morgan fingerprint density at radius 3 is 2.42 bits per heavy atom. The smallest absolute Gasteiger partial charge is 0.244 e. The van der Waals surface area contributed by atoms with Gasteiger partial charge in [-0.3, -0.25) is 4.79 Å².